The van der Waals surface area contributed by atoms with Crippen molar-refractivity contribution in [3.63, 3.8) is 0 Å². The van der Waals surface area contributed by atoms with Crippen LogP contribution in [0, 0.1) is 0 Å². The average Bonchev–Trinajstić information content (AvgIpc) is 2.92. The highest BCUT2D eigenvalue weighted by Crippen LogP contribution is 2.35. The van der Waals surface area contributed by atoms with Crippen LogP contribution < -0.4 is 5.32 Å². The SMILES string of the molecule is FC(F)C(F)(F)c1nnc2n1CCNC2c1cccnc1. The summed E-state index contributed by atoms with van der Waals surface area (Å²) in [6.45, 7) is 0.452. The molecule has 1 aliphatic rings. The van der Waals surface area contributed by atoms with Gasteiger partial charge in [0.05, 0.1) is 6.04 Å². The van der Waals surface area contributed by atoms with E-state index in [-0.39, 0.29) is 12.4 Å². The Morgan fingerprint density at radius 2 is 2.14 bits per heavy atom. The summed E-state index contributed by atoms with van der Waals surface area (Å²) in [4.78, 5) is 3.95. The van der Waals surface area contributed by atoms with Gasteiger partial charge >= 0.3 is 12.3 Å². The number of pyridine rings is 1. The van der Waals surface area contributed by atoms with Crippen molar-refractivity contribution in [2.45, 2.75) is 24.9 Å². The third-order valence-corrected chi connectivity index (χ3v) is 3.31. The molecule has 0 bridgehead atoms. The number of rotatable bonds is 3. The fraction of sp³-hybridized carbons (Fsp3) is 0.417. The number of fused-ring (bicyclic) bond motifs is 1. The molecule has 1 atom stereocenters. The van der Waals surface area contributed by atoms with Crippen LogP contribution in [0.15, 0.2) is 24.5 Å². The highest BCUT2D eigenvalue weighted by atomic mass is 19.3. The zero-order valence-corrected chi connectivity index (χ0v) is 10.7. The number of halogens is 4. The summed E-state index contributed by atoms with van der Waals surface area (Å²) >= 11 is 0. The van der Waals surface area contributed by atoms with Crippen molar-refractivity contribution in [2.75, 3.05) is 6.54 Å². The van der Waals surface area contributed by atoms with Crippen LogP contribution in [0.4, 0.5) is 17.6 Å². The Morgan fingerprint density at radius 1 is 1.33 bits per heavy atom. The van der Waals surface area contributed by atoms with Crippen molar-refractivity contribution in [3.05, 3.63) is 41.7 Å². The average molecular weight is 301 g/mol. The highest BCUT2D eigenvalue weighted by molar-refractivity contribution is 5.24. The summed E-state index contributed by atoms with van der Waals surface area (Å²) in [7, 11) is 0. The molecule has 0 fully saturated rings. The third kappa shape index (κ3) is 2.27. The predicted molar refractivity (Wildman–Crippen MR) is 64.0 cm³/mol. The van der Waals surface area contributed by atoms with Gasteiger partial charge in [-0.25, -0.2) is 8.78 Å². The second-order valence-corrected chi connectivity index (χ2v) is 4.63. The Hall–Kier alpha value is -2.03. The number of hydrogen-bond donors (Lipinski definition) is 1. The molecule has 0 aromatic carbocycles. The van der Waals surface area contributed by atoms with E-state index >= 15 is 0 Å². The lowest BCUT2D eigenvalue weighted by molar-refractivity contribution is -0.143. The zero-order valence-electron chi connectivity index (χ0n) is 10.7. The molecule has 1 unspecified atom stereocenters. The fourth-order valence-corrected chi connectivity index (χ4v) is 2.32. The minimum absolute atomic E-state index is 0.108. The van der Waals surface area contributed by atoms with Gasteiger partial charge in [-0.3, -0.25) is 4.98 Å². The van der Waals surface area contributed by atoms with E-state index in [9.17, 15) is 17.6 Å². The number of alkyl halides is 4. The molecule has 0 amide bonds. The van der Waals surface area contributed by atoms with Gasteiger partial charge in [-0.05, 0) is 11.6 Å². The van der Waals surface area contributed by atoms with E-state index in [4.69, 9.17) is 0 Å². The van der Waals surface area contributed by atoms with Crippen LogP contribution in [-0.4, -0.2) is 32.7 Å². The van der Waals surface area contributed by atoms with Crippen LogP contribution in [0.5, 0.6) is 0 Å². The Bertz CT molecular complexity index is 628. The lowest BCUT2D eigenvalue weighted by atomic mass is 10.1. The molecule has 0 spiro atoms. The molecular weight excluding hydrogens is 290 g/mol. The molecule has 0 aliphatic carbocycles. The van der Waals surface area contributed by atoms with E-state index in [0.29, 0.717) is 12.1 Å². The maximum absolute atomic E-state index is 13.5. The number of hydrogen-bond acceptors (Lipinski definition) is 4. The van der Waals surface area contributed by atoms with Gasteiger partial charge in [-0.2, -0.15) is 8.78 Å². The topological polar surface area (TPSA) is 55.6 Å². The Balaban J connectivity index is 2.04. The molecule has 2 aromatic rings. The molecule has 0 saturated carbocycles. The van der Waals surface area contributed by atoms with E-state index in [1.165, 1.54) is 0 Å². The maximum Gasteiger partial charge on any atom is 0.365 e. The minimum Gasteiger partial charge on any atom is -0.307 e. The summed E-state index contributed by atoms with van der Waals surface area (Å²) in [5.74, 6) is -5.13. The van der Waals surface area contributed by atoms with Crippen molar-refractivity contribution in [1.82, 2.24) is 25.1 Å². The monoisotopic (exact) mass is 301 g/mol. The number of aromatic nitrogens is 4. The normalized spacial score (nSPS) is 18.8. The lowest BCUT2D eigenvalue weighted by Crippen LogP contribution is -2.37. The highest BCUT2D eigenvalue weighted by Gasteiger charge is 2.48. The minimum atomic E-state index is -4.32. The maximum atomic E-state index is 13.5. The summed E-state index contributed by atoms with van der Waals surface area (Å²) in [6, 6.07) is 2.95. The van der Waals surface area contributed by atoms with Crippen LogP contribution in [0.1, 0.15) is 23.3 Å². The first-order valence-electron chi connectivity index (χ1n) is 6.24. The first-order chi connectivity index (χ1) is 10.0. The smallest absolute Gasteiger partial charge is 0.307 e. The van der Waals surface area contributed by atoms with E-state index in [1.54, 1.807) is 24.5 Å². The van der Waals surface area contributed by atoms with Crippen molar-refractivity contribution < 1.29 is 17.6 Å². The van der Waals surface area contributed by atoms with Crippen LogP contribution in [-0.2, 0) is 12.5 Å². The Morgan fingerprint density at radius 3 is 2.81 bits per heavy atom. The van der Waals surface area contributed by atoms with Gasteiger partial charge < -0.3 is 9.88 Å². The molecular formula is C12H11F4N5. The van der Waals surface area contributed by atoms with E-state index in [2.05, 4.69) is 20.5 Å². The molecule has 3 heterocycles. The molecule has 112 valence electrons. The van der Waals surface area contributed by atoms with Crippen molar-refractivity contribution >= 4 is 0 Å². The molecule has 5 nitrogen and oxygen atoms in total. The van der Waals surface area contributed by atoms with Crippen LogP contribution >= 0.6 is 0 Å². The third-order valence-electron chi connectivity index (χ3n) is 3.31. The first-order valence-corrected chi connectivity index (χ1v) is 6.24. The van der Waals surface area contributed by atoms with Gasteiger partial charge in [0.25, 0.3) is 0 Å². The van der Waals surface area contributed by atoms with Crippen LogP contribution in [0.2, 0.25) is 0 Å². The molecule has 21 heavy (non-hydrogen) atoms. The van der Waals surface area contributed by atoms with Crippen LogP contribution in [0.3, 0.4) is 0 Å². The first kappa shape index (κ1) is 13.9. The van der Waals surface area contributed by atoms with E-state index < -0.39 is 24.2 Å². The molecule has 0 radical (unpaired) electrons. The van der Waals surface area contributed by atoms with E-state index in [0.717, 1.165) is 4.57 Å². The molecule has 1 aliphatic heterocycles. The fourth-order valence-electron chi connectivity index (χ4n) is 2.32. The van der Waals surface area contributed by atoms with Gasteiger partial charge in [0.15, 0.2) is 5.82 Å². The molecule has 2 aromatic heterocycles. The zero-order chi connectivity index (χ0) is 15.0. The van der Waals surface area contributed by atoms with Crippen molar-refractivity contribution in [3.8, 4) is 0 Å². The Labute approximate surface area is 117 Å². The summed E-state index contributed by atoms with van der Waals surface area (Å²) in [6.07, 6.45) is -0.682. The van der Waals surface area contributed by atoms with Gasteiger partial charge in [-0.1, -0.05) is 6.07 Å². The predicted octanol–water partition coefficient (Wildman–Crippen LogP) is 1.72. The van der Waals surface area contributed by atoms with Crippen molar-refractivity contribution in [1.29, 1.82) is 0 Å². The summed E-state index contributed by atoms with van der Waals surface area (Å²) in [5, 5.41) is 10.1. The molecule has 3 rings (SSSR count). The number of nitrogens with zero attached hydrogens (tertiary/aromatic N) is 4. The van der Waals surface area contributed by atoms with Gasteiger partial charge in [0.2, 0.25) is 5.82 Å². The second kappa shape index (κ2) is 5.06. The lowest BCUT2D eigenvalue weighted by Gasteiger charge is -2.26. The summed E-state index contributed by atoms with van der Waals surface area (Å²) < 4.78 is 53.1. The second-order valence-electron chi connectivity index (χ2n) is 4.63. The van der Waals surface area contributed by atoms with Crippen molar-refractivity contribution in [2.24, 2.45) is 0 Å². The van der Waals surface area contributed by atoms with E-state index in [1.807, 2.05) is 0 Å². The molecule has 9 heteroatoms. The number of nitrogens with one attached hydrogen (secondary N) is 1. The quantitative estimate of drug-likeness (QED) is 0.877. The van der Waals surface area contributed by atoms with Crippen LogP contribution in [0.25, 0.3) is 0 Å². The summed E-state index contributed by atoms with van der Waals surface area (Å²) in [5.41, 5.74) is 0.706. The largest absolute Gasteiger partial charge is 0.365 e. The Kier molecular flexibility index (Phi) is 3.36. The van der Waals surface area contributed by atoms with Gasteiger partial charge in [-0.15, -0.1) is 10.2 Å². The van der Waals surface area contributed by atoms with Gasteiger partial charge in [0, 0.05) is 25.5 Å². The standard InChI is InChI=1S/C12H11F4N5/c13-10(14)12(15,16)11-20-19-9-8(18-4-5-21(9)11)7-2-1-3-17-6-7/h1-3,6,8,10,18H,4-5H2. The molecule has 1 N–H and O–H groups in total. The molecule has 0 saturated heterocycles. The van der Waals surface area contributed by atoms with Gasteiger partial charge in [0.1, 0.15) is 0 Å².